The minimum Gasteiger partial charge on any atom is -0.481 e. The summed E-state index contributed by atoms with van der Waals surface area (Å²) in [4.78, 5) is 23.6. The molecule has 2 N–H and O–H groups in total. The molecule has 0 aliphatic heterocycles. The van der Waals surface area contributed by atoms with Gasteiger partial charge in [0.05, 0.1) is 18.4 Å². The Kier molecular flexibility index (Phi) is 5.69. The number of rotatable bonds is 6. The highest BCUT2D eigenvalue weighted by Gasteiger charge is 2.23. The van der Waals surface area contributed by atoms with E-state index < -0.39 is 11.9 Å². The molecule has 0 heterocycles. The van der Waals surface area contributed by atoms with E-state index in [4.69, 9.17) is 5.26 Å². The second kappa shape index (κ2) is 7.93. The van der Waals surface area contributed by atoms with E-state index >= 15 is 0 Å². The monoisotopic (exact) mass is 322 g/mol. The number of amides is 1. The number of hydrogen-bond acceptors (Lipinski definition) is 3. The van der Waals surface area contributed by atoms with Crippen LogP contribution in [0.25, 0.3) is 0 Å². The molecule has 0 aliphatic rings. The largest absolute Gasteiger partial charge is 0.481 e. The molecule has 0 fully saturated rings. The third-order valence-corrected chi connectivity index (χ3v) is 3.69. The lowest BCUT2D eigenvalue weighted by Crippen LogP contribution is -2.20. The quantitative estimate of drug-likeness (QED) is 0.854. The van der Waals surface area contributed by atoms with Crippen LogP contribution < -0.4 is 5.32 Å². The first kappa shape index (κ1) is 17.2. The number of carbonyl (C=O) groups excluding carboxylic acids is 1. The van der Waals surface area contributed by atoms with Gasteiger partial charge in [-0.25, -0.2) is 0 Å². The van der Waals surface area contributed by atoms with Crippen LogP contribution in [-0.2, 0) is 16.0 Å². The van der Waals surface area contributed by atoms with E-state index in [1.807, 2.05) is 19.1 Å². The summed E-state index contributed by atoms with van der Waals surface area (Å²) in [6, 6.07) is 16.1. The second-order valence-corrected chi connectivity index (χ2v) is 5.59. The number of carbonyl (C=O) groups is 2. The molecule has 5 nitrogen and oxygen atoms in total. The van der Waals surface area contributed by atoms with E-state index in [0.717, 1.165) is 11.1 Å². The SMILES string of the molecule is Cc1ccc(C(CC(=O)Nc2ccc(CC#N)cc2)C(=O)O)cc1. The maximum absolute atomic E-state index is 12.2. The van der Waals surface area contributed by atoms with E-state index in [1.54, 1.807) is 36.4 Å². The van der Waals surface area contributed by atoms with Crippen molar-refractivity contribution in [3.8, 4) is 6.07 Å². The van der Waals surface area contributed by atoms with Crippen molar-refractivity contribution in [3.63, 3.8) is 0 Å². The first-order valence-corrected chi connectivity index (χ1v) is 7.54. The van der Waals surface area contributed by atoms with Crippen LogP contribution in [0.15, 0.2) is 48.5 Å². The predicted octanol–water partition coefficient (Wildman–Crippen LogP) is 3.26. The third-order valence-electron chi connectivity index (χ3n) is 3.69. The van der Waals surface area contributed by atoms with E-state index in [1.165, 1.54) is 0 Å². The van der Waals surface area contributed by atoms with Crippen LogP contribution >= 0.6 is 0 Å². The van der Waals surface area contributed by atoms with Crippen LogP contribution in [0, 0.1) is 18.3 Å². The van der Waals surface area contributed by atoms with Gasteiger partial charge in [0.25, 0.3) is 0 Å². The lowest BCUT2D eigenvalue weighted by molar-refractivity contribution is -0.140. The van der Waals surface area contributed by atoms with Gasteiger partial charge in [0, 0.05) is 12.1 Å². The normalized spacial score (nSPS) is 11.3. The summed E-state index contributed by atoms with van der Waals surface area (Å²) in [7, 11) is 0. The van der Waals surface area contributed by atoms with Crippen molar-refractivity contribution in [2.75, 3.05) is 5.32 Å². The Morgan fingerprint density at radius 2 is 1.75 bits per heavy atom. The first-order chi connectivity index (χ1) is 11.5. The zero-order valence-corrected chi connectivity index (χ0v) is 13.3. The summed E-state index contributed by atoms with van der Waals surface area (Å²) >= 11 is 0. The molecule has 0 aliphatic carbocycles. The fourth-order valence-corrected chi connectivity index (χ4v) is 2.34. The van der Waals surface area contributed by atoms with Gasteiger partial charge in [0.15, 0.2) is 0 Å². The molecule has 0 spiro atoms. The number of nitrogens with one attached hydrogen (secondary N) is 1. The molecule has 24 heavy (non-hydrogen) atoms. The molecule has 0 aromatic heterocycles. The summed E-state index contributed by atoms with van der Waals surface area (Å²) in [5.74, 6) is -2.28. The molecule has 0 radical (unpaired) electrons. The zero-order valence-electron chi connectivity index (χ0n) is 13.3. The van der Waals surface area contributed by atoms with E-state index in [2.05, 4.69) is 11.4 Å². The Morgan fingerprint density at radius 3 is 2.29 bits per heavy atom. The average Bonchev–Trinajstić information content (AvgIpc) is 2.55. The van der Waals surface area contributed by atoms with Gasteiger partial charge in [0.1, 0.15) is 0 Å². The standard InChI is InChI=1S/C19H18N2O3/c1-13-2-6-15(7-3-13)17(19(23)24)12-18(22)21-16-8-4-14(5-9-16)10-11-20/h2-9,17H,10,12H2,1H3,(H,21,22)(H,23,24). The highest BCUT2D eigenvalue weighted by molar-refractivity contribution is 5.94. The molecule has 1 atom stereocenters. The number of nitriles is 1. The number of anilines is 1. The number of hydrogen-bond donors (Lipinski definition) is 2. The van der Waals surface area contributed by atoms with E-state index in [-0.39, 0.29) is 12.3 Å². The molecule has 2 aromatic rings. The van der Waals surface area contributed by atoms with Crippen molar-refractivity contribution in [2.45, 2.75) is 25.7 Å². The summed E-state index contributed by atoms with van der Waals surface area (Å²) in [5.41, 5.74) is 3.07. The fourth-order valence-electron chi connectivity index (χ4n) is 2.34. The van der Waals surface area contributed by atoms with Gasteiger partial charge in [0.2, 0.25) is 5.91 Å². The van der Waals surface area contributed by atoms with Crippen LogP contribution in [0.4, 0.5) is 5.69 Å². The smallest absolute Gasteiger partial charge is 0.311 e. The Morgan fingerprint density at radius 1 is 1.12 bits per heavy atom. The Labute approximate surface area is 140 Å². The molecule has 0 saturated heterocycles. The van der Waals surface area contributed by atoms with Gasteiger partial charge in [-0.1, -0.05) is 42.0 Å². The van der Waals surface area contributed by atoms with Gasteiger partial charge in [-0.05, 0) is 30.2 Å². The molecule has 0 saturated carbocycles. The maximum atomic E-state index is 12.2. The fraction of sp³-hybridized carbons (Fsp3) is 0.211. The molecule has 1 amide bonds. The van der Waals surface area contributed by atoms with Crippen LogP contribution in [0.3, 0.4) is 0 Å². The Hall–Kier alpha value is -3.13. The molecular weight excluding hydrogens is 304 g/mol. The van der Waals surface area contributed by atoms with Crippen molar-refractivity contribution in [1.82, 2.24) is 0 Å². The number of nitrogens with zero attached hydrogens (tertiary/aromatic N) is 1. The number of aliphatic carboxylic acids is 1. The Balaban J connectivity index is 2.04. The summed E-state index contributed by atoms with van der Waals surface area (Å²) in [5, 5.41) is 20.7. The maximum Gasteiger partial charge on any atom is 0.311 e. The summed E-state index contributed by atoms with van der Waals surface area (Å²) in [6.07, 6.45) is 0.168. The van der Waals surface area contributed by atoms with Crippen molar-refractivity contribution < 1.29 is 14.7 Å². The predicted molar refractivity (Wildman–Crippen MR) is 90.6 cm³/mol. The number of aryl methyl sites for hydroxylation is 1. The lowest BCUT2D eigenvalue weighted by atomic mass is 9.94. The molecule has 2 aromatic carbocycles. The minimum absolute atomic E-state index is 0.141. The van der Waals surface area contributed by atoms with Gasteiger partial charge in [-0.3, -0.25) is 9.59 Å². The van der Waals surface area contributed by atoms with Gasteiger partial charge < -0.3 is 10.4 Å². The zero-order chi connectivity index (χ0) is 17.5. The molecule has 0 bridgehead atoms. The molecule has 5 heteroatoms. The number of carboxylic acids is 1. The van der Waals surface area contributed by atoms with Crippen molar-refractivity contribution in [2.24, 2.45) is 0 Å². The first-order valence-electron chi connectivity index (χ1n) is 7.54. The van der Waals surface area contributed by atoms with Crippen LogP contribution in [0.1, 0.15) is 29.0 Å². The van der Waals surface area contributed by atoms with Crippen molar-refractivity contribution in [3.05, 3.63) is 65.2 Å². The van der Waals surface area contributed by atoms with Crippen molar-refractivity contribution >= 4 is 17.6 Å². The number of carboxylic acid groups (broad SMARTS) is 1. The highest BCUT2D eigenvalue weighted by atomic mass is 16.4. The molecule has 122 valence electrons. The Bertz CT molecular complexity index is 759. The highest BCUT2D eigenvalue weighted by Crippen LogP contribution is 2.21. The summed E-state index contributed by atoms with van der Waals surface area (Å²) < 4.78 is 0. The lowest BCUT2D eigenvalue weighted by Gasteiger charge is -2.13. The number of benzene rings is 2. The second-order valence-electron chi connectivity index (χ2n) is 5.59. The molecule has 2 rings (SSSR count). The van der Waals surface area contributed by atoms with Crippen LogP contribution in [0.2, 0.25) is 0 Å². The van der Waals surface area contributed by atoms with Crippen molar-refractivity contribution in [1.29, 1.82) is 5.26 Å². The average molecular weight is 322 g/mol. The van der Waals surface area contributed by atoms with Crippen LogP contribution in [-0.4, -0.2) is 17.0 Å². The molecule has 1 unspecified atom stereocenters. The topological polar surface area (TPSA) is 90.2 Å². The van der Waals surface area contributed by atoms with E-state index in [9.17, 15) is 14.7 Å². The molecular formula is C19H18N2O3. The van der Waals surface area contributed by atoms with Gasteiger partial charge in [-0.2, -0.15) is 5.26 Å². The van der Waals surface area contributed by atoms with Gasteiger partial charge in [-0.15, -0.1) is 0 Å². The minimum atomic E-state index is -1.03. The van der Waals surface area contributed by atoms with E-state index in [0.29, 0.717) is 17.7 Å². The van der Waals surface area contributed by atoms with Gasteiger partial charge >= 0.3 is 5.97 Å². The summed E-state index contributed by atoms with van der Waals surface area (Å²) in [6.45, 7) is 1.92. The third kappa shape index (κ3) is 4.68. The van der Waals surface area contributed by atoms with Crippen LogP contribution in [0.5, 0.6) is 0 Å².